The third-order valence-electron chi connectivity index (χ3n) is 2.13. The van der Waals surface area contributed by atoms with Gasteiger partial charge in [0, 0.05) is 12.3 Å². The van der Waals surface area contributed by atoms with Gasteiger partial charge in [0.15, 0.2) is 0 Å². The normalized spacial score (nSPS) is 11.3. The molecule has 15 heavy (non-hydrogen) atoms. The second kappa shape index (κ2) is 3.57. The fourth-order valence-electron chi connectivity index (χ4n) is 1.48. The van der Waals surface area contributed by atoms with Gasteiger partial charge in [-0.25, -0.2) is 9.78 Å². The standard InChI is InChI=1S/C11H10N2O2/c1-8-9-4-2-3-7-13(9)10(12-8)5-6-11(14)15/h2-7H,1H3,(H,14,15)/b6-5+. The molecule has 1 N–H and O–H groups in total. The Bertz CT molecular complexity index is 541. The van der Waals surface area contributed by atoms with Gasteiger partial charge < -0.3 is 9.51 Å². The monoisotopic (exact) mass is 202 g/mol. The van der Waals surface area contributed by atoms with Gasteiger partial charge in [-0.3, -0.25) is 0 Å². The van der Waals surface area contributed by atoms with E-state index in [4.69, 9.17) is 5.11 Å². The van der Waals surface area contributed by atoms with Crippen molar-refractivity contribution in [3.8, 4) is 0 Å². The Balaban J connectivity index is 2.57. The number of fused-ring (bicyclic) bond motifs is 1. The average molecular weight is 202 g/mol. The molecule has 4 heteroatoms. The van der Waals surface area contributed by atoms with Crippen molar-refractivity contribution in [1.82, 2.24) is 9.38 Å². The lowest BCUT2D eigenvalue weighted by Gasteiger charge is -1.94. The predicted octanol–water partition coefficient (Wildman–Crippen LogP) is 1.74. The zero-order chi connectivity index (χ0) is 10.8. The highest BCUT2D eigenvalue weighted by Gasteiger charge is 2.03. The molecule has 0 bridgehead atoms. The van der Waals surface area contributed by atoms with Crippen molar-refractivity contribution in [1.29, 1.82) is 0 Å². The molecule has 0 fully saturated rings. The molecule has 0 amide bonds. The van der Waals surface area contributed by atoms with Crippen molar-refractivity contribution >= 4 is 17.6 Å². The maximum atomic E-state index is 10.4. The second-order valence-electron chi connectivity index (χ2n) is 3.18. The smallest absolute Gasteiger partial charge is 0.328 e. The molecule has 76 valence electrons. The van der Waals surface area contributed by atoms with Crippen LogP contribution in [0.5, 0.6) is 0 Å². The topological polar surface area (TPSA) is 54.6 Å². The summed E-state index contributed by atoms with van der Waals surface area (Å²) in [6.45, 7) is 1.90. The summed E-state index contributed by atoms with van der Waals surface area (Å²) in [7, 11) is 0. The number of aliphatic carboxylic acids is 1. The molecule has 4 nitrogen and oxygen atoms in total. The van der Waals surface area contributed by atoms with E-state index in [0.29, 0.717) is 5.82 Å². The number of pyridine rings is 1. The van der Waals surface area contributed by atoms with Crippen LogP contribution in [0, 0.1) is 6.92 Å². The van der Waals surface area contributed by atoms with Crippen LogP contribution in [-0.4, -0.2) is 20.5 Å². The number of rotatable bonds is 2. The Kier molecular flexibility index (Phi) is 2.25. The van der Waals surface area contributed by atoms with E-state index in [1.165, 1.54) is 6.08 Å². The summed E-state index contributed by atoms with van der Waals surface area (Å²) in [4.78, 5) is 14.7. The number of aryl methyl sites for hydroxylation is 1. The van der Waals surface area contributed by atoms with E-state index in [0.717, 1.165) is 17.3 Å². The summed E-state index contributed by atoms with van der Waals surface area (Å²) < 4.78 is 1.86. The molecule has 0 radical (unpaired) electrons. The molecule has 2 aromatic heterocycles. The van der Waals surface area contributed by atoms with Gasteiger partial charge in [-0.05, 0) is 25.1 Å². The summed E-state index contributed by atoms with van der Waals surface area (Å²) >= 11 is 0. The lowest BCUT2D eigenvalue weighted by Crippen LogP contribution is -1.89. The van der Waals surface area contributed by atoms with Crippen molar-refractivity contribution < 1.29 is 9.90 Å². The molecule has 0 aliphatic carbocycles. The molecular formula is C11H10N2O2. The fraction of sp³-hybridized carbons (Fsp3) is 0.0909. The summed E-state index contributed by atoms with van der Waals surface area (Å²) in [6, 6.07) is 5.75. The minimum atomic E-state index is -0.972. The minimum absolute atomic E-state index is 0.630. The van der Waals surface area contributed by atoms with E-state index in [1.807, 2.05) is 35.7 Å². The van der Waals surface area contributed by atoms with E-state index in [-0.39, 0.29) is 0 Å². The number of hydrogen-bond donors (Lipinski definition) is 1. The first kappa shape index (κ1) is 9.45. The van der Waals surface area contributed by atoms with Crippen LogP contribution in [0.3, 0.4) is 0 Å². The highest BCUT2D eigenvalue weighted by atomic mass is 16.4. The van der Waals surface area contributed by atoms with Gasteiger partial charge in [0.25, 0.3) is 0 Å². The van der Waals surface area contributed by atoms with Crippen LogP contribution in [-0.2, 0) is 4.79 Å². The summed E-state index contributed by atoms with van der Waals surface area (Å²) in [5.41, 5.74) is 1.88. The van der Waals surface area contributed by atoms with Gasteiger partial charge in [-0.2, -0.15) is 0 Å². The van der Waals surface area contributed by atoms with Crippen molar-refractivity contribution in [2.24, 2.45) is 0 Å². The summed E-state index contributed by atoms with van der Waals surface area (Å²) in [5, 5.41) is 8.53. The van der Waals surface area contributed by atoms with Crippen LogP contribution < -0.4 is 0 Å². The number of hydrogen-bond acceptors (Lipinski definition) is 2. The van der Waals surface area contributed by atoms with Crippen molar-refractivity contribution in [3.63, 3.8) is 0 Å². The van der Waals surface area contributed by atoms with E-state index in [1.54, 1.807) is 0 Å². The maximum absolute atomic E-state index is 10.4. The summed E-state index contributed by atoms with van der Waals surface area (Å²) in [6.07, 6.45) is 4.43. The van der Waals surface area contributed by atoms with E-state index >= 15 is 0 Å². The number of imidazole rings is 1. The lowest BCUT2D eigenvalue weighted by atomic mass is 10.3. The zero-order valence-corrected chi connectivity index (χ0v) is 8.21. The fourth-order valence-corrected chi connectivity index (χ4v) is 1.48. The first-order chi connectivity index (χ1) is 7.18. The highest BCUT2D eigenvalue weighted by Crippen LogP contribution is 2.12. The van der Waals surface area contributed by atoms with Gasteiger partial charge in [-0.1, -0.05) is 6.07 Å². The minimum Gasteiger partial charge on any atom is -0.478 e. The lowest BCUT2D eigenvalue weighted by molar-refractivity contribution is -0.131. The molecular weight excluding hydrogens is 192 g/mol. The third-order valence-corrected chi connectivity index (χ3v) is 2.13. The predicted molar refractivity (Wildman–Crippen MR) is 56.6 cm³/mol. The molecule has 2 aromatic rings. The zero-order valence-electron chi connectivity index (χ0n) is 8.21. The van der Waals surface area contributed by atoms with Crippen LogP contribution in [0.2, 0.25) is 0 Å². The number of nitrogens with zero attached hydrogens (tertiary/aromatic N) is 2. The quantitative estimate of drug-likeness (QED) is 0.754. The Hall–Kier alpha value is -2.10. The van der Waals surface area contributed by atoms with Crippen LogP contribution in [0.4, 0.5) is 0 Å². The second-order valence-corrected chi connectivity index (χ2v) is 3.18. The number of carbonyl (C=O) groups is 1. The van der Waals surface area contributed by atoms with Gasteiger partial charge in [0.05, 0.1) is 11.2 Å². The van der Waals surface area contributed by atoms with Crippen LogP contribution in [0.15, 0.2) is 30.5 Å². The molecule has 0 aliphatic rings. The van der Waals surface area contributed by atoms with Crippen molar-refractivity contribution in [2.75, 3.05) is 0 Å². The molecule has 0 aromatic carbocycles. The Morgan fingerprint density at radius 1 is 1.53 bits per heavy atom. The molecule has 0 saturated carbocycles. The maximum Gasteiger partial charge on any atom is 0.328 e. The first-order valence-corrected chi connectivity index (χ1v) is 4.53. The van der Waals surface area contributed by atoms with E-state index < -0.39 is 5.97 Å². The van der Waals surface area contributed by atoms with Crippen molar-refractivity contribution in [2.45, 2.75) is 6.92 Å². The van der Waals surface area contributed by atoms with E-state index in [2.05, 4.69) is 4.98 Å². The number of carboxylic acid groups (broad SMARTS) is 1. The van der Waals surface area contributed by atoms with Crippen LogP contribution in [0.1, 0.15) is 11.5 Å². The molecule has 0 spiro atoms. The van der Waals surface area contributed by atoms with Crippen molar-refractivity contribution in [3.05, 3.63) is 42.0 Å². The van der Waals surface area contributed by atoms with Gasteiger partial charge in [-0.15, -0.1) is 0 Å². The molecule has 0 aliphatic heterocycles. The highest BCUT2D eigenvalue weighted by molar-refractivity contribution is 5.84. The van der Waals surface area contributed by atoms with E-state index in [9.17, 15) is 4.79 Å². The Morgan fingerprint density at radius 3 is 3.07 bits per heavy atom. The SMILES string of the molecule is Cc1nc(/C=C/C(=O)O)n2ccccc12. The van der Waals surface area contributed by atoms with Crippen LogP contribution >= 0.6 is 0 Å². The molecule has 2 heterocycles. The average Bonchev–Trinajstić information content (AvgIpc) is 2.54. The summed E-state index contributed by atoms with van der Waals surface area (Å²) in [5.74, 6) is -0.342. The number of aromatic nitrogens is 2. The molecule has 2 rings (SSSR count). The third kappa shape index (κ3) is 1.74. The molecule has 0 unspecified atom stereocenters. The van der Waals surface area contributed by atoms with Gasteiger partial charge >= 0.3 is 5.97 Å². The van der Waals surface area contributed by atoms with Gasteiger partial charge in [0.1, 0.15) is 5.82 Å². The number of carboxylic acids is 1. The largest absolute Gasteiger partial charge is 0.478 e. The Morgan fingerprint density at radius 2 is 2.33 bits per heavy atom. The molecule has 0 saturated heterocycles. The van der Waals surface area contributed by atoms with Gasteiger partial charge in [0.2, 0.25) is 0 Å². The van der Waals surface area contributed by atoms with Crippen LogP contribution in [0.25, 0.3) is 11.6 Å². The molecule has 0 atom stereocenters. The Labute approximate surface area is 86.5 Å². The first-order valence-electron chi connectivity index (χ1n) is 4.53.